The number of hydrogen-bond donors (Lipinski definition) is 0. The molecule has 4 heteroatoms. The minimum absolute atomic E-state index is 0.202. The molecule has 15 rings (SSSR count). The van der Waals surface area contributed by atoms with Gasteiger partial charge in [-0.1, -0.05) is 236 Å². The van der Waals surface area contributed by atoms with E-state index in [0.717, 1.165) is 85.8 Å². The van der Waals surface area contributed by atoms with E-state index in [9.17, 15) is 0 Å². The molecule has 0 heterocycles. The van der Waals surface area contributed by atoms with Crippen molar-refractivity contribution in [3.8, 4) is 22.3 Å². The fraction of sp³-hybridized carbons (Fsp3) is 0.0682. The number of fused-ring (bicyclic) bond motifs is 3. The first-order valence-electron chi connectivity index (χ1n) is 31.9. The molecule has 0 aromatic heterocycles. The van der Waals surface area contributed by atoms with Gasteiger partial charge in [-0.3, -0.25) is 0 Å². The Morgan fingerprint density at radius 1 is 0.272 bits per heavy atom. The largest absolute Gasteiger partial charge is 0.311 e. The molecule has 4 nitrogen and oxygen atoms in total. The van der Waals surface area contributed by atoms with Crippen molar-refractivity contribution in [3.63, 3.8) is 0 Å². The van der Waals surface area contributed by atoms with Gasteiger partial charge in [0.1, 0.15) is 0 Å². The van der Waals surface area contributed by atoms with E-state index in [-0.39, 0.29) is 5.41 Å². The number of rotatable bonds is 16. The Kier molecular flexibility index (Phi) is 15.2. The van der Waals surface area contributed by atoms with E-state index in [2.05, 4.69) is 398 Å². The van der Waals surface area contributed by atoms with Crippen molar-refractivity contribution in [2.45, 2.75) is 38.0 Å². The Morgan fingerprint density at radius 2 is 0.543 bits per heavy atom. The van der Waals surface area contributed by atoms with Crippen molar-refractivity contribution in [1.82, 2.24) is 0 Å². The van der Waals surface area contributed by atoms with Gasteiger partial charge in [-0.2, -0.15) is 0 Å². The van der Waals surface area contributed by atoms with E-state index in [1.54, 1.807) is 0 Å². The van der Waals surface area contributed by atoms with Crippen LogP contribution in [0.3, 0.4) is 0 Å². The van der Waals surface area contributed by atoms with Gasteiger partial charge in [-0.15, -0.1) is 0 Å². The molecule has 0 fully saturated rings. The van der Waals surface area contributed by atoms with Crippen LogP contribution >= 0.6 is 0 Å². The van der Waals surface area contributed by atoms with Gasteiger partial charge in [-0.25, -0.2) is 0 Å². The lowest BCUT2D eigenvalue weighted by atomic mass is 9.67. The molecule has 2 aliphatic rings. The summed E-state index contributed by atoms with van der Waals surface area (Å²) in [5, 5.41) is 0. The predicted molar refractivity (Wildman–Crippen MR) is 387 cm³/mol. The maximum atomic E-state index is 2.43. The van der Waals surface area contributed by atoms with Crippen LogP contribution in [0, 0.1) is 13.8 Å². The highest BCUT2D eigenvalue weighted by Gasteiger charge is 2.46. The zero-order valence-electron chi connectivity index (χ0n) is 52.1. The molecule has 0 saturated heterocycles. The molecule has 0 N–H and O–H groups in total. The molecule has 0 aliphatic heterocycles. The third-order valence-corrected chi connectivity index (χ3v) is 18.6. The molecule has 13 aromatic carbocycles. The minimum Gasteiger partial charge on any atom is -0.311 e. The number of benzene rings is 13. The number of aryl methyl sites for hydroxylation is 2. The Labute approximate surface area is 541 Å². The summed E-state index contributed by atoms with van der Waals surface area (Å²) in [5.74, 6) is 0. The van der Waals surface area contributed by atoms with E-state index in [0.29, 0.717) is 0 Å². The molecule has 2 aliphatic carbocycles. The average molecular weight is 1180 g/mol. The van der Waals surface area contributed by atoms with E-state index in [4.69, 9.17) is 0 Å². The molecule has 0 bridgehead atoms. The van der Waals surface area contributed by atoms with Gasteiger partial charge in [0.05, 0.1) is 5.41 Å². The van der Waals surface area contributed by atoms with Gasteiger partial charge in [-0.05, 0) is 210 Å². The predicted octanol–water partition coefficient (Wildman–Crippen LogP) is 23.7. The van der Waals surface area contributed by atoms with Crippen LogP contribution < -0.4 is 19.6 Å². The molecule has 442 valence electrons. The summed E-state index contributed by atoms with van der Waals surface area (Å²) >= 11 is 0. The summed E-state index contributed by atoms with van der Waals surface area (Å²) in [4.78, 5) is 9.41. The van der Waals surface area contributed by atoms with Crippen LogP contribution in [-0.2, 0) is 10.8 Å². The second-order valence-corrected chi connectivity index (χ2v) is 24.5. The summed E-state index contributed by atoms with van der Waals surface area (Å²) in [5.41, 5.74) is 26.1. The topological polar surface area (TPSA) is 13.0 Å². The van der Waals surface area contributed by atoms with Gasteiger partial charge in [0.2, 0.25) is 0 Å². The van der Waals surface area contributed by atoms with Gasteiger partial charge >= 0.3 is 0 Å². The summed E-state index contributed by atoms with van der Waals surface area (Å²) in [6.07, 6.45) is 8.00. The second kappa shape index (κ2) is 24.5. The van der Waals surface area contributed by atoms with E-state index < -0.39 is 5.41 Å². The molecular weight excluding hydrogens is 1110 g/mol. The maximum Gasteiger partial charge on any atom is 0.0713 e. The molecule has 0 radical (unpaired) electrons. The standard InChI is InChI=1S/C88H70N4/c1-64-34-56-83-84-57-35-65(2)63-86(84)88(85(83)62-64,69-42-52-80(53-43-69)91(75-30-18-8-19-31-75)78-48-38-67(39-49-78)66-36-46-77(47-37-66)89(71-22-10-4-11-23-71)72-24-12-5-13-25-72)70-44-54-81(55-45-70)92(76-32-20-9-21-33-76)82-58-60-87(3,61-59-82)68-40-50-79(51-41-68)90(73-26-14-6-15-27-73)74-28-16-7-17-29-74/h4-60,62-63H,61H2,1-3H3. The number of allylic oxidation sites excluding steroid dienone is 3. The molecule has 0 spiro atoms. The molecule has 1 atom stereocenters. The Morgan fingerprint density at radius 3 is 0.848 bits per heavy atom. The Hall–Kier alpha value is -11.5. The Bertz CT molecular complexity index is 4610. The van der Waals surface area contributed by atoms with E-state index >= 15 is 0 Å². The van der Waals surface area contributed by atoms with Crippen LogP contribution in [0.4, 0.5) is 62.6 Å². The van der Waals surface area contributed by atoms with Crippen molar-refractivity contribution in [2.75, 3.05) is 19.6 Å². The van der Waals surface area contributed by atoms with Gasteiger partial charge < -0.3 is 19.6 Å². The number of hydrogen-bond acceptors (Lipinski definition) is 4. The molecule has 0 saturated carbocycles. The van der Waals surface area contributed by atoms with Crippen molar-refractivity contribution >= 4 is 62.6 Å². The maximum absolute atomic E-state index is 2.43. The first kappa shape index (κ1) is 57.0. The van der Waals surface area contributed by atoms with Crippen molar-refractivity contribution in [2.24, 2.45) is 0 Å². The third kappa shape index (κ3) is 10.7. The summed E-state index contributed by atoms with van der Waals surface area (Å²) < 4.78 is 0. The van der Waals surface area contributed by atoms with E-state index in [1.165, 1.54) is 50.1 Å². The van der Waals surface area contributed by atoms with Crippen LogP contribution in [-0.4, -0.2) is 0 Å². The monoisotopic (exact) mass is 1180 g/mol. The van der Waals surface area contributed by atoms with Crippen LogP contribution in [0.25, 0.3) is 22.3 Å². The van der Waals surface area contributed by atoms with Gasteiger partial charge in [0, 0.05) is 73.7 Å². The van der Waals surface area contributed by atoms with Crippen LogP contribution in [0.15, 0.2) is 364 Å². The van der Waals surface area contributed by atoms with E-state index in [1.807, 2.05) is 0 Å². The molecule has 92 heavy (non-hydrogen) atoms. The normalized spacial score (nSPS) is 14.4. The van der Waals surface area contributed by atoms with Crippen LogP contribution in [0.2, 0.25) is 0 Å². The van der Waals surface area contributed by atoms with Crippen molar-refractivity contribution < 1.29 is 0 Å². The average Bonchev–Trinajstić information content (AvgIpc) is 1.52. The highest BCUT2D eigenvalue weighted by Crippen LogP contribution is 2.57. The van der Waals surface area contributed by atoms with Gasteiger partial charge in [0.25, 0.3) is 0 Å². The number of para-hydroxylation sites is 6. The summed E-state index contributed by atoms with van der Waals surface area (Å²) in [7, 11) is 0. The first-order chi connectivity index (χ1) is 45.3. The molecular formula is C88H70N4. The first-order valence-corrected chi connectivity index (χ1v) is 31.9. The fourth-order valence-electron chi connectivity index (χ4n) is 14.0. The summed E-state index contributed by atoms with van der Waals surface area (Å²) in [6.45, 7) is 6.81. The molecule has 1 unspecified atom stereocenters. The molecule has 13 aromatic rings. The lowest BCUT2D eigenvalue weighted by Gasteiger charge is -2.36. The minimum atomic E-state index is -0.619. The van der Waals surface area contributed by atoms with Crippen LogP contribution in [0.5, 0.6) is 0 Å². The highest BCUT2D eigenvalue weighted by molar-refractivity contribution is 5.89. The summed E-state index contributed by atoms with van der Waals surface area (Å²) in [6, 6.07) is 124. The smallest absolute Gasteiger partial charge is 0.0713 e. The lowest BCUT2D eigenvalue weighted by Crippen LogP contribution is -2.29. The zero-order chi connectivity index (χ0) is 62.0. The number of anilines is 11. The van der Waals surface area contributed by atoms with Gasteiger partial charge in [0.15, 0.2) is 0 Å². The number of nitrogens with zero attached hydrogens (tertiary/aromatic N) is 4. The highest BCUT2D eigenvalue weighted by atomic mass is 15.2. The second-order valence-electron chi connectivity index (χ2n) is 24.5. The van der Waals surface area contributed by atoms with Crippen molar-refractivity contribution in [1.29, 1.82) is 0 Å². The molecule has 0 amide bonds. The quantitative estimate of drug-likeness (QED) is 0.0956. The zero-order valence-corrected chi connectivity index (χ0v) is 52.1. The van der Waals surface area contributed by atoms with Crippen LogP contribution in [0.1, 0.15) is 52.3 Å². The SMILES string of the molecule is Cc1ccc2c(c1)C(c1ccc(N(C3=CCC(C)(c4ccc(N(c5ccccc5)c5ccccc5)cc4)C=C3)c3ccccc3)cc1)(c1ccc(N(c3ccccc3)c3ccc(-c4ccc(N(c5ccccc5)c5ccccc5)cc4)cc3)cc1)c1cc(C)ccc1-2. The fourth-order valence-corrected chi connectivity index (χ4v) is 14.0. The lowest BCUT2D eigenvalue weighted by molar-refractivity contribution is 0.595. The third-order valence-electron chi connectivity index (χ3n) is 18.6. The Balaban J connectivity index is 0.761. The van der Waals surface area contributed by atoms with Crippen molar-refractivity contribution in [3.05, 3.63) is 403 Å².